The van der Waals surface area contributed by atoms with E-state index >= 15 is 0 Å². The lowest BCUT2D eigenvalue weighted by atomic mass is 10.1. The number of aromatic carboxylic acids is 1. The number of halogens is 1. The van der Waals surface area contributed by atoms with Gasteiger partial charge < -0.3 is 14.2 Å². The zero-order chi connectivity index (χ0) is 14.4. The molecule has 102 valence electrons. The Labute approximate surface area is 119 Å². The Bertz CT molecular complexity index is 832. The first kappa shape index (κ1) is 12.7. The third-order valence-corrected chi connectivity index (χ3v) is 3.67. The van der Waals surface area contributed by atoms with E-state index in [0.717, 1.165) is 22.2 Å². The fraction of sp³-hybridized carbons (Fsp3) is 0.143. The molecule has 6 heteroatoms. The number of aromatic nitrogens is 2. The number of carboxylic acid groups (broad SMARTS) is 1. The lowest BCUT2D eigenvalue weighted by Crippen LogP contribution is -1.92. The zero-order valence-corrected chi connectivity index (χ0v) is 11.6. The molecule has 3 rings (SSSR count). The molecule has 1 N–H and O–H groups in total. The first-order chi connectivity index (χ1) is 9.49. The maximum atomic E-state index is 10.9. The van der Waals surface area contributed by atoms with Crippen LogP contribution in [0.25, 0.3) is 22.2 Å². The van der Waals surface area contributed by atoms with E-state index in [2.05, 4.69) is 5.16 Å². The van der Waals surface area contributed by atoms with Gasteiger partial charge in [-0.15, -0.1) is 0 Å². The van der Waals surface area contributed by atoms with E-state index in [1.54, 1.807) is 6.07 Å². The minimum Gasteiger partial charge on any atom is -0.475 e. The molecule has 0 fully saturated rings. The molecule has 0 aliphatic rings. The van der Waals surface area contributed by atoms with Crippen LogP contribution in [0.4, 0.5) is 0 Å². The van der Waals surface area contributed by atoms with Gasteiger partial charge in [-0.3, -0.25) is 0 Å². The Kier molecular flexibility index (Phi) is 2.79. The number of fused-ring (bicyclic) bond motifs is 1. The number of rotatable bonds is 2. The number of hydrogen-bond acceptors (Lipinski definition) is 3. The molecule has 0 bridgehead atoms. The van der Waals surface area contributed by atoms with Crippen molar-refractivity contribution in [3.05, 3.63) is 40.7 Å². The molecule has 0 amide bonds. The predicted octanol–water partition coefficient (Wildman–Crippen LogP) is 3.49. The molecule has 0 radical (unpaired) electrons. The van der Waals surface area contributed by atoms with Gasteiger partial charge in [-0.05, 0) is 19.1 Å². The van der Waals surface area contributed by atoms with Gasteiger partial charge in [0.1, 0.15) is 5.69 Å². The molecule has 0 unspecified atom stereocenters. The SMILES string of the molecule is Cc1c(-c2cc(C(=O)O)on2)c2ccc(Cl)cc2n1C. The Morgan fingerprint density at radius 3 is 2.80 bits per heavy atom. The molecule has 1 aromatic carbocycles. The standard InChI is InChI=1S/C14H11ClN2O3/c1-7-13(10-6-12(14(18)19)20-16-10)9-4-3-8(15)5-11(9)17(7)2/h3-6H,1-2H3,(H,18,19). The second kappa shape index (κ2) is 4.38. The van der Waals surface area contributed by atoms with Crippen molar-refractivity contribution >= 4 is 28.5 Å². The molecule has 0 spiro atoms. The molecule has 20 heavy (non-hydrogen) atoms. The van der Waals surface area contributed by atoms with Crippen LogP contribution in [0.15, 0.2) is 28.8 Å². The summed E-state index contributed by atoms with van der Waals surface area (Å²) >= 11 is 6.02. The average molecular weight is 291 g/mol. The summed E-state index contributed by atoms with van der Waals surface area (Å²) in [6.45, 7) is 1.94. The van der Waals surface area contributed by atoms with Crippen molar-refractivity contribution in [2.75, 3.05) is 0 Å². The van der Waals surface area contributed by atoms with Crippen LogP contribution in [0.5, 0.6) is 0 Å². The van der Waals surface area contributed by atoms with Crippen LogP contribution in [0, 0.1) is 6.92 Å². The predicted molar refractivity (Wildman–Crippen MR) is 75.1 cm³/mol. The second-order valence-electron chi connectivity index (χ2n) is 4.56. The molecule has 0 saturated heterocycles. The molecule has 2 heterocycles. The zero-order valence-electron chi connectivity index (χ0n) is 10.8. The smallest absolute Gasteiger partial charge is 0.374 e. The van der Waals surface area contributed by atoms with Gasteiger partial charge in [0.2, 0.25) is 5.76 Å². The Hall–Kier alpha value is -2.27. The van der Waals surface area contributed by atoms with E-state index in [1.807, 2.05) is 30.7 Å². The van der Waals surface area contributed by atoms with Gasteiger partial charge in [-0.25, -0.2) is 4.79 Å². The first-order valence-corrected chi connectivity index (χ1v) is 6.31. The van der Waals surface area contributed by atoms with Crippen molar-refractivity contribution in [1.82, 2.24) is 9.72 Å². The average Bonchev–Trinajstić information content (AvgIpc) is 2.96. The van der Waals surface area contributed by atoms with E-state index in [1.165, 1.54) is 6.07 Å². The van der Waals surface area contributed by atoms with Crippen LogP contribution in [0.1, 0.15) is 16.2 Å². The topological polar surface area (TPSA) is 68.3 Å². The van der Waals surface area contributed by atoms with Crippen LogP contribution in [-0.2, 0) is 7.05 Å². The van der Waals surface area contributed by atoms with Crippen LogP contribution < -0.4 is 0 Å². The van der Waals surface area contributed by atoms with Gasteiger partial charge in [0.15, 0.2) is 0 Å². The molecule has 0 aliphatic carbocycles. The summed E-state index contributed by atoms with van der Waals surface area (Å²) in [5.41, 5.74) is 3.29. The summed E-state index contributed by atoms with van der Waals surface area (Å²) < 4.78 is 6.82. The van der Waals surface area contributed by atoms with E-state index in [9.17, 15) is 4.79 Å². The monoisotopic (exact) mass is 290 g/mol. The molecule has 0 saturated carbocycles. The molecular weight excluding hydrogens is 280 g/mol. The largest absolute Gasteiger partial charge is 0.475 e. The van der Waals surface area contributed by atoms with E-state index in [-0.39, 0.29) is 5.76 Å². The molecule has 0 aliphatic heterocycles. The third kappa shape index (κ3) is 1.78. The quantitative estimate of drug-likeness (QED) is 0.784. The fourth-order valence-corrected chi connectivity index (χ4v) is 2.52. The highest BCUT2D eigenvalue weighted by Gasteiger charge is 2.19. The van der Waals surface area contributed by atoms with E-state index in [0.29, 0.717) is 10.7 Å². The first-order valence-electron chi connectivity index (χ1n) is 5.94. The number of carboxylic acids is 1. The van der Waals surface area contributed by atoms with E-state index in [4.69, 9.17) is 21.2 Å². The number of hydrogen-bond donors (Lipinski definition) is 1. The summed E-state index contributed by atoms with van der Waals surface area (Å²) in [5, 5.41) is 14.4. The van der Waals surface area contributed by atoms with Crippen molar-refractivity contribution in [2.45, 2.75) is 6.92 Å². The minimum absolute atomic E-state index is 0.176. The Morgan fingerprint density at radius 2 is 2.15 bits per heavy atom. The minimum atomic E-state index is -1.13. The summed E-state index contributed by atoms with van der Waals surface area (Å²) in [5.74, 6) is -1.31. The van der Waals surface area contributed by atoms with Crippen molar-refractivity contribution in [3.63, 3.8) is 0 Å². The Morgan fingerprint density at radius 1 is 1.40 bits per heavy atom. The highest BCUT2D eigenvalue weighted by molar-refractivity contribution is 6.31. The van der Waals surface area contributed by atoms with Gasteiger partial charge in [0.25, 0.3) is 0 Å². The summed E-state index contributed by atoms with van der Waals surface area (Å²) in [7, 11) is 1.93. The lowest BCUT2D eigenvalue weighted by molar-refractivity contribution is 0.0652. The summed E-state index contributed by atoms with van der Waals surface area (Å²) in [4.78, 5) is 10.9. The van der Waals surface area contributed by atoms with Gasteiger partial charge in [-0.2, -0.15) is 0 Å². The van der Waals surface area contributed by atoms with Crippen LogP contribution in [0.2, 0.25) is 5.02 Å². The van der Waals surface area contributed by atoms with E-state index < -0.39 is 5.97 Å². The van der Waals surface area contributed by atoms with Gasteiger partial charge in [0, 0.05) is 34.8 Å². The van der Waals surface area contributed by atoms with Crippen LogP contribution in [-0.4, -0.2) is 20.8 Å². The maximum absolute atomic E-state index is 10.9. The van der Waals surface area contributed by atoms with Gasteiger partial charge >= 0.3 is 5.97 Å². The summed E-state index contributed by atoms with van der Waals surface area (Å²) in [6, 6.07) is 6.99. The van der Waals surface area contributed by atoms with Crippen molar-refractivity contribution in [3.8, 4) is 11.3 Å². The molecule has 0 atom stereocenters. The molecule has 5 nitrogen and oxygen atoms in total. The summed E-state index contributed by atoms with van der Waals surface area (Å²) in [6.07, 6.45) is 0. The number of carbonyl (C=O) groups is 1. The van der Waals surface area contributed by atoms with Crippen LogP contribution >= 0.6 is 11.6 Å². The third-order valence-electron chi connectivity index (χ3n) is 3.43. The normalized spacial score (nSPS) is 11.2. The van der Waals surface area contributed by atoms with Crippen molar-refractivity contribution in [2.24, 2.45) is 7.05 Å². The number of benzene rings is 1. The van der Waals surface area contributed by atoms with Crippen molar-refractivity contribution < 1.29 is 14.4 Å². The number of aryl methyl sites for hydroxylation is 1. The lowest BCUT2D eigenvalue weighted by Gasteiger charge is -1.98. The maximum Gasteiger partial charge on any atom is 0.374 e. The van der Waals surface area contributed by atoms with Gasteiger partial charge in [-0.1, -0.05) is 22.8 Å². The highest BCUT2D eigenvalue weighted by atomic mass is 35.5. The molecule has 3 aromatic rings. The highest BCUT2D eigenvalue weighted by Crippen LogP contribution is 2.34. The second-order valence-corrected chi connectivity index (χ2v) is 5.00. The number of nitrogens with zero attached hydrogens (tertiary/aromatic N) is 2. The molecule has 2 aromatic heterocycles. The fourth-order valence-electron chi connectivity index (χ4n) is 2.35. The molecular formula is C14H11ClN2O3. The van der Waals surface area contributed by atoms with Crippen molar-refractivity contribution in [1.29, 1.82) is 0 Å². The van der Waals surface area contributed by atoms with Gasteiger partial charge in [0.05, 0.1) is 5.52 Å². The Balaban J connectivity index is 2.30. The van der Waals surface area contributed by atoms with Crippen LogP contribution in [0.3, 0.4) is 0 Å².